The molecular weight excluding hydrogens is 168 g/mol. The van der Waals surface area contributed by atoms with Crippen LogP contribution in [-0.4, -0.2) is 21.5 Å². The van der Waals surface area contributed by atoms with Crippen molar-refractivity contribution in [3.63, 3.8) is 0 Å². The van der Waals surface area contributed by atoms with Crippen LogP contribution in [0.4, 0.5) is 0 Å². The molecule has 0 spiro atoms. The summed E-state index contributed by atoms with van der Waals surface area (Å²) in [5.74, 6) is 1.68. The Balaban J connectivity index is 3.70. The van der Waals surface area contributed by atoms with Gasteiger partial charge in [0, 0.05) is 11.0 Å². The van der Waals surface area contributed by atoms with Crippen LogP contribution >= 0.6 is 0 Å². The maximum Gasteiger partial charge on any atom is 0.00675 e. The summed E-state index contributed by atoms with van der Waals surface area (Å²) < 4.78 is 11.9. The molecule has 0 aliphatic carbocycles. The van der Waals surface area contributed by atoms with E-state index in [0.717, 1.165) is 18.1 Å². The molecule has 0 unspecified atom stereocenters. The van der Waals surface area contributed by atoms with Crippen LogP contribution in [0.5, 0.6) is 0 Å². The standard InChI is InChI=1S/C10H24OS/c1-9(2)7-6-8-12(5,11)10(3)4/h9-10,12H,6-8H2,1-5H3. The van der Waals surface area contributed by atoms with Crippen LogP contribution in [0, 0.1) is 5.92 Å². The molecule has 0 heterocycles. The van der Waals surface area contributed by atoms with E-state index in [0.29, 0.717) is 5.25 Å². The van der Waals surface area contributed by atoms with Gasteiger partial charge in [0.05, 0.1) is 0 Å². The van der Waals surface area contributed by atoms with Gasteiger partial charge in [0.25, 0.3) is 0 Å². The molecule has 0 aliphatic heterocycles. The minimum Gasteiger partial charge on any atom is -0.285 e. The first-order valence-corrected chi connectivity index (χ1v) is 7.33. The molecule has 0 aromatic rings. The van der Waals surface area contributed by atoms with E-state index in [1.54, 1.807) is 0 Å². The van der Waals surface area contributed by atoms with Crippen molar-refractivity contribution in [1.82, 2.24) is 0 Å². The second kappa shape index (κ2) is 5.00. The fraction of sp³-hybridized carbons (Fsp3) is 1.00. The van der Waals surface area contributed by atoms with E-state index in [2.05, 4.69) is 27.7 Å². The lowest BCUT2D eigenvalue weighted by Crippen LogP contribution is -2.25. The minimum atomic E-state index is -1.82. The Labute approximate surface area is 78.4 Å². The van der Waals surface area contributed by atoms with Gasteiger partial charge in [-0.3, -0.25) is 4.21 Å². The maximum atomic E-state index is 11.9. The second-order valence-corrected chi connectivity index (χ2v) is 8.36. The van der Waals surface area contributed by atoms with E-state index in [1.165, 1.54) is 6.42 Å². The van der Waals surface area contributed by atoms with Crippen LogP contribution in [0.1, 0.15) is 40.5 Å². The van der Waals surface area contributed by atoms with E-state index in [1.807, 2.05) is 6.26 Å². The summed E-state index contributed by atoms with van der Waals surface area (Å²) in [4.78, 5) is 0. The number of thiol groups is 1. The molecule has 0 aromatic carbocycles. The normalized spacial score (nSPS) is 14.2. The van der Waals surface area contributed by atoms with Crippen LogP contribution in [-0.2, 0) is 9.93 Å². The summed E-state index contributed by atoms with van der Waals surface area (Å²) in [6.45, 7) is 8.57. The zero-order chi connectivity index (χ0) is 9.78. The predicted octanol–water partition coefficient (Wildman–Crippen LogP) is 2.48. The van der Waals surface area contributed by atoms with Crippen LogP contribution < -0.4 is 0 Å². The predicted molar refractivity (Wildman–Crippen MR) is 59.5 cm³/mol. The van der Waals surface area contributed by atoms with Crippen molar-refractivity contribution in [3.8, 4) is 0 Å². The van der Waals surface area contributed by atoms with Crippen molar-refractivity contribution in [1.29, 1.82) is 0 Å². The Morgan fingerprint density at radius 1 is 1.17 bits per heavy atom. The van der Waals surface area contributed by atoms with Crippen molar-refractivity contribution in [2.24, 2.45) is 5.92 Å². The Morgan fingerprint density at radius 3 is 2.00 bits per heavy atom. The summed E-state index contributed by atoms with van der Waals surface area (Å²) in [6.07, 6.45) is 4.28. The quantitative estimate of drug-likeness (QED) is 0.662. The van der Waals surface area contributed by atoms with Crippen molar-refractivity contribution in [2.45, 2.75) is 45.8 Å². The Bertz CT molecular complexity index is 161. The van der Waals surface area contributed by atoms with Gasteiger partial charge in [0.1, 0.15) is 0 Å². The fourth-order valence-corrected chi connectivity index (χ4v) is 2.40. The molecular formula is C10H24OS. The van der Waals surface area contributed by atoms with E-state index in [-0.39, 0.29) is 0 Å². The lowest BCUT2D eigenvalue weighted by molar-refractivity contribution is 0.573. The summed E-state index contributed by atoms with van der Waals surface area (Å²) in [6, 6.07) is 0. The van der Waals surface area contributed by atoms with Gasteiger partial charge < -0.3 is 0 Å². The highest BCUT2D eigenvalue weighted by Crippen LogP contribution is 2.13. The lowest BCUT2D eigenvalue weighted by Gasteiger charge is -2.22. The number of hydrogen-bond acceptors (Lipinski definition) is 1. The largest absolute Gasteiger partial charge is 0.285 e. The third-order valence-electron chi connectivity index (χ3n) is 2.48. The van der Waals surface area contributed by atoms with E-state index in [4.69, 9.17) is 0 Å². The highest BCUT2D eigenvalue weighted by atomic mass is 32.2. The molecule has 2 heteroatoms. The zero-order valence-electron chi connectivity index (χ0n) is 9.13. The van der Waals surface area contributed by atoms with Crippen molar-refractivity contribution in [3.05, 3.63) is 0 Å². The maximum absolute atomic E-state index is 11.9. The highest BCUT2D eigenvalue weighted by Gasteiger charge is 2.12. The molecule has 0 radical (unpaired) electrons. The molecule has 0 N–H and O–H groups in total. The first kappa shape index (κ1) is 12.2. The van der Waals surface area contributed by atoms with Crippen LogP contribution in [0.2, 0.25) is 0 Å². The average molecular weight is 192 g/mol. The summed E-state index contributed by atoms with van der Waals surface area (Å²) in [5, 5.41) is 0.365. The molecule has 76 valence electrons. The average Bonchev–Trinajstić information content (AvgIpc) is 1.85. The molecule has 0 amide bonds. The SMILES string of the molecule is CC(C)CCC[SH](C)(=O)C(C)C. The second-order valence-electron chi connectivity index (χ2n) is 4.53. The Hall–Kier alpha value is 0.150. The van der Waals surface area contributed by atoms with Gasteiger partial charge >= 0.3 is 0 Å². The van der Waals surface area contributed by atoms with Crippen molar-refractivity contribution >= 4 is 9.93 Å². The van der Waals surface area contributed by atoms with Gasteiger partial charge in [-0.05, 0) is 18.6 Å². The van der Waals surface area contributed by atoms with Crippen LogP contribution in [0.25, 0.3) is 0 Å². The third-order valence-corrected chi connectivity index (χ3v) is 5.86. The van der Waals surface area contributed by atoms with Gasteiger partial charge in [-0.1, -0.05) is 34.1 Å². The topological polar surface area (TPSA) is 17.1 Å². The summed E-state index contributed by atoms with van der Waals surface area (Å²) in [5.41, 5.74) is 0. The molecule has 0 rings (SSSR count). The van der Waals surface area contributed by atoms with Crippen molar-refractivity contribution in [2.75, 3.05) is 12.0 Å². The van der Waals surface area contributed by atoms with Gasteiger partial charge in [-0.15, -0.1) is 9.93 Å². The zero-order valence-corrected chi connectivity index (χ0v) is 10.0. The molecule has 0 saturated heterocycles. The molecule has 0 atom stereocenters. The molecule has 0 aliphatic rings. The Kier molecular flexibility index (Phi) is 5.07. The first-order chi connectivity index (χ1) is 5.36. The van der Waals surface area contributed by atoms with Crippen molar-refractivity contribution < 1.29 is 4.21 Å². The highest BCUT2D eigenvalue weighted by molar-refractivity contribution is 8.02. The van der Waals surface area contributed by atoms with Gasteiger partial charge in [0.15, 0.2) is 0 Å². The Morgan fingerprint density at radius 2 is 1.67 bits per heavy atom. The van der Waals surface area contributed by atoms with E-state index in [9.17, 15) is 4.21 Å². The monoisotopic (exact) mass is 192 g/mol. The number of rotatable bonds is 5. The van der Waals surface area contributed by atoms with Gasteiger partial charge in [0.2, 0.25) is 0 Å². The smallest absolute Gasteiger partial charge is 0.00675 e. The summed E-state index contributed by atoms with van der Waals surface area (Å²) in [7, 11) is -1.82. The number of hydrogen-bond donors (Lipinski definition) is 1. The molecule has 0 fully saturated rings. The fourth-order valence-electron chi connectivity index (χ4n) is 1.07. The van der Waals surface area contributed by atoms with E-state index >= 15 is 0 Å². The molecule has 0 saturated carbocycles. The third kappa shape index (κ3) is 4.91. The molecule has 0 aromatic heterocycles. The summed E-state index contributed by atoms with van der Waals surface area (Å²) >= 11 is 0. The van der Waals surface area contributed by atoms with Gasteiger partial charge in [-0.2, -0.15) is 0 Å². The van der Waals surface area contributed by atoms with Crippen LogP contribution in [0.15, 0.2) is 0 Å². The van der Waals surface area contributed by atoms with E-state index < -0.39 is 9.93 Å². The first-order valence-electron chi connectivity index (χ1n) is 4.92. The van der Waals surface area contributed by atoms with Gasteiger partial charge in [-0.25, -0.2) is 0 Å². The minimum absolute atomic E-state index is 0.365. The molecule has 0 bridgehead atoms. The lowest BCUT2D eigenvalue weighted by atomic mass is 10.1. The van der Waals surface area contributed by atoms with Crippen LogP contribution in [0.3, 0.4) is 0 Å². The molecule has 1 nitrogen and oxygen atoms in total. The molecule has 12 heavy (non-hydrogen) atoms.